The van der Waals surface area contributed by atoms with Crippen LogP contribution in [0.4, 0.5) is 0 Å². The molecule has 1 aliphatic rings. The molecule has 0 bridgehead atoms. The smallest absolute Gasteiger partial charge is 0.0654 e. The van der Waals surface area contributed by atoms with Gasteiger partial charge in [0.25, 0.3) is 0 Å². The molecule has 1 saturated carbocycles. The van der Waals surface area contributed by atoms with Gasteiger partial charge in [-0.3, -0.25) is 0 Å². The summed E-state index contributed by atoms with van der Waals surface area (Å²) >= 11 is 0. The Balaban J connectivity index is 1.88. The maximum Gasteiger partial charge on any atom is 0.0836 e. The van der Waals surface area contributed by atoms with Crippen molar-refractivity contribution in [2.45, 2.75) is 50.6 Å². The largest absolute Gasteiger partial charge is 0.0836 e. The number of hydrogen-bond acceptors (Lipinski definition) is 0. The van der Waals surface area contributed by atoms with Gasteiger partial charge in [0.05, 0.1) is 16.1 Å². The lowest BCUT2D eigenvalue weighted by molar-refractivity contribution is 0.758. The first-order chi connectivity index (χ1) is 10.9. The van der Waals surface area contributed by atoms with E-state index < -0.39 is 16.1 Å². The number of rotatable bonds is 6. The van der Waals surface area contributed by atoms with Gasteiger partial charge in [0.2, 0.25) is 0 Å². The van der Waals surface area contributed by atoms with E-state index in [0.29, 0.717) is 0 Å². The van der Waals surface area contributed by atoms with Crippen molar-refractivity contribution in [3.8, 4) is 0 Å². The van der Waals surface area contributed by atoms with Gasteiger partial charge in [0, 0.05) is 0 Å². The predicted octanol–water partition coefficient (Wildman–Crippen LogP) is 5.00. The van der Waals surface area contributed by atoms with Crippen molar-refractivity contribution in [3.63, 3.8) is 0 Å². The first-order valence-corrected chi connectivity index (χ1v) is 15.3. The van der Waals surface area contributed by atoms with E-state index in [1.165, 1.54) is 18.9 Å². The Morgan fingerprint density at radius 3 is 1.74 bits per heavy atom. The van der Waals surface area contributed by atoms with Gasteiger partial charge < -0.3 is 0 Å². The molecule has 0 spiro atoms. The summed E-state index contributed by atoms with van der Waals surface area (Å²) in [6.07, 6.45) is 2.93. The third-order valence-corrected chi connectivity index (χ3v) is 14.0. The van der Waals surface area contributed by atoms with Crippen LogP contribution >= 0.6 is 0 Å². The minimum absolute atomic E-state index is 0.937. The molecule has 23 heavy (non-hydrogen) atoms. The van der Waals surface area contributed by atoms with Crippen molar-refractivity contribution in [1.82, 2.24) is 0 Å². The SMILES string of the molecule is C[Si](C)(CC(C1CC1)[Si](C)(C)c1ccccc1)c1ccccc1. The van der Waals surface area contributed by atoms with Gasteiger partial charge in [-0.25, -0.2) is 0 Å². The van der Waals surface area contributed by atoms with E-state index in [1.807, 2.05) is 0 Å². The summed E-state index contributed by atoms with van der Waals surface area (Å²) in [6, 6.07) is 24.2. The molecule has 0 N–H and O–H groups in total. The predicted molar refractivity (Wildman–Crippen MR) is 108 cm³/mol. The Kier molecular flexibility index (Phi) is 4.66. The van der Waals surface area contributed by atoms with E-state index >= 15 is 0 Å². The van der Waals surface area contributed by atoms with E-state index in [9.17, 15) is 0 Å². The van der Waals surface area contributed by atoms with Gasteiger partial charge in [0.15, 0.2) is 0 Å². The van der Waals surface area contributed by atoms with Gasteiger partial charge in [0.1, 0.15) is 0 Å². The molecule has 1 atom stereocenters. The number of benzene rings is 2. The Morgan fingerprint density at radius 2 is 1.26 bits per heavy atom. The molecule has 0 heterocycles. The molecule has 0 amide bonds. The van der Waals surface area contributed by atoms with Crippen LogP contribution in [0, 0.1) is 5.92 Å². The first-order valence-electron chi connectivity index (χ1n) is 9.02. The first kappa shape index (κ1) is 16.7. The highest BCUT2D eigenvalue weighted by Gasteiger charge is 2.46. The quantitative estimate of drug-likeness (QED) is 0.650. The summed E-state index contributed by atoms with van der Waals surface area (Å²) in [5.74, 6) is 0.993. The van der Waals surface area contributed by atoms with E-state index in [-0.39, 0.29) is 0 Å². The standard InChI is InChI=1S/C21H30Si2/c1-22(2,19-11-7-5-8-12-19)17-21(18-15-16-18)23(3,4)20-13-9-6-10-14-20/h5-14,18,21H,15-17H2,1-4H3. The van der Waals surface area contributed by atoms with Crippen LogP contribution in [0.2, 0.25) is 37.8 Å². The normalized spacial score (nSPS) is 17.0. The minimum atomic E-state index is -1.42. The van der Waals surface area contributed by atoms with Gasteiger partial charge in [-0.05, 0) is 11.5 Å². The fraction of sp³-hybridized carbons (Fsp3) is 0.429. The number of hydrogen-bond donors (Lipinski definition) is 0. The van der Waals surface area contributed by atoms with E-state index in [0.717, 1.165) is 11.5 Å². The second-order valence-electron chi connectivity index (χ2n) is 8.49. The third kappa shape index (κ3) is 3.69. The van der Waals surface area contributed by atoms with Crippen LogP contribution in [0.25, 0.3) is 0 Å². The zero-order chi connectivity index (χ0) is 16.5. The van der Waals surface area contributed by atoms with Crippen molar-refractivity contribution >= 4 is 26.5 Å². The van der Waals surface area contributed by atoms with E-state index in [2.05, 4.69) is 86.9 Å². The van der Waals surface area contributed by atoms with Crippen LogP contribution in [-0.4, -0.2) is 16.1 Å². The van der Waals surface area contributed by atoms with Crippen LogP contribution in [-0.2, 0) is 0 Å². The van der Waals surface area contributed by atoms with Gasteiger partial charge in [-0.15, -0.1) is 0 Å². The summed E-state index contributed by atoms with van der Waals surface area (Å²) in [5, 5.41) is 3.28. The van der Waals surface area contributed by atoms with Crippen LogP contribution in [0.3, 0.4) is 0 Å². The molecule has 2 aromatic carbocycles. The monoisotopic (exact) mass is 338 g/mol. The molecule has 0 saturated heterocycles. The fourth-order valence-electron chi connectivity index (χ4n) is 4.15. The molecule has 2 heteroatoms. The Bertz CT molecular complexity index is 627. The van der Waals surface area contributed by atoms with Crippen LogP contribution in [0.1, 0.15) is 12.8 Å². The Hall–Kier alpha value is -1.13. The molecule has 3 rings (SSSR count). The zero-order valence-corrected chi connectivity index (χ0v) is 17.0. The molecular formula is C21H30Si2. The fourth-order valence-corrected chi connectivity index (χ4v) is 13.5. The molecule has 0 radical (unpaired) electrons. The second kappa shape index (κ2) is 6.41. The molecule has 1 aliphatic carbocycles. The maximum atomic E-state index is 2.61. The van der Waals surface area contributed by atoms with Crippen LogP contribution < -0.4 is 10.4 Å². The highest BCUT2D eigenvalue weighted by molar-refractivity contribution is 6.95. The Labute approximate surface area is 144 Å². The Morgan fingerprint density at radius 1 is 0.783 bits per heavy atom. The summed E-state index contributed by atoms with van der Waals surface area (Å²) in [5.41, 5.74) is 0.937. The molecule has 122 valence electrons. The highest BCUT2D eigenvalue weighted by Crippen LogP contribution is 2.49. The lowest BCUT2D eigenvalue weighted by Gasteiger charge is -2.38. The maximum absolute atomic E-state index is 2.61. The van der Waals surface area contributed by atoms with Crippen molar-refractivity contribution in [1.29, 1.82) is 0 Å². The summed E-state index contributed by atoms with van der Waals surface area (Å²) in [6.45, 7) is 10.4. The van der Waals surface area contributed by atoms with Gasteiger partial charge >= 0.3 is 0 Å². The zero-order valence-electron chi connectivity index (χ0n) is 15.0. The average molecular weight is 339 g/mol. The molecule has 1 unspecified atom stereocenters. The second-order valence-corrected chi connectivity index (χ2v) is 18.0. The topological polar surface area (TPSA) is 0 Å². The van der Waals surface area contributed by atoms with Crippen molar-refractivity contribution in [3.05, 3.63) is 60.7 Å². The van der Waals surface area contributed by atoms with E-state index in [1.54, 1.807) is 10.4 Å². The lowest BCUT2D eigenvalue weighted by atomic mass is 10.3. The summed E-state index contributed by atoms with van der Waals surface area (Å²) < 4.78 is 0. The average Bonchev–Trinajstić information content (AvgIpc) is 3.39. The van der Waals surface area contributed by atoms with Gasteiger partial charge in [-0.1, -0.05) is 116 Å². The minimum Gasteiger partial charge on any atom is -0.0654 e. The van der Waals surface area contributed by atoms with Crippen molar-refractivity contribution in [2.24, 2.45) is 5.92 Å². The third-order valence-electron chi connectivity index (χ3n) is 5.92. The molecule has 0 aromatic heterocycles. The molecule has 0 aliphatic heterocycles. The molecule has 2 aromatic rings. The molecular weight excluding hydrogens is 308 g/mol. The van der Waals surface area contributed by atoms with Crippen molar-refractivity contribution in [2.75, 3.05) is 0 Å². The van der Waals surface area contributed by atoms with Crippen LogP contribution in [0.15, 0.2) is 60.7 Å². The molecule has 1 fully saturated rings. The summed E-state index contributed by atoms with van der Waals surface area (Å²) in [4.78, 5) is 0. The molecule has 0 nitrogen and oxygen atoms in total. The summed E-state index contributed by atoms with van der Waals surface area (Å²) in [7, 11) is -2.79. The van der Waals surface area contributed by atoms with E-state index in [4.69, 9.17) is 0 Å². The van der Waals surface area contributed by atoms with Crippen molar-refractivity contribution < 1.29 is 0 Å². The van der Waals surface area contributed by atoms with Gasteiger partial charge in [-0.2, -0.15) is 0 Å². The van der Waals surface area contributed by atoms with Crippen LogP contribution in [0.5, 0.6) is 0 Å². The highest BCUT2D eigenvalue weighted by atomic mass is 28.3. The lowest BCUT2D eigenvalue weighted by Crippen LogP contribution is -2.51.